The van der Waals surface area contributed by atoms with Crippen molar-refractivity contribution in [1.29, 1.82) is 0 Å². The molecule has 15 heavy (non-hydrogen) atoms. The van der Waals surface area contributed by atoms with Crippen LogP contribution in [0.1, 0.15) is 71.6 Å². The fraction of sp³-hybridized carbons (Fsp3) is 1.00. The molecule has 3 nitrogen and oxygen atoms in total. The van der Waals surface area contributed by atoms with Crippen molar-refractivity contribution in [2.24, 2.45) is 0 Å². The maximum absolute atomic E-state index is 8.70. The van der Waals surface area contributed by atoms with E-state index in [1.54, 1.807) is 0 Å². The maximum Gasteiger partial charge on any atom is 0.692 e. The van der Waals surface area contributed by atoms with Gasteiger partial charge >= 0.3 is 8.25 Å². The van der Waals surface area contributed by atoms with Gasteiger partial charge in [-0.25, -0.2) is 0 Å². The van der Waals surface area contributed by atoms with Crippen molar-refractivity contribution in [2.45, 2.75) is 71.6 Å². The number of hydrogen-bond acceptors (Lipinski definition) is 1. The van der Waals surface area contributed by atoms with Crippen molar-refractivity contribution in [1.82, 2.24) is 0 Å². The van der Waals surface area contributed by atoms with Crippen molar-refractivity contribution in [2.75, 3.05) is 0 Å². The van der Waals surface area contributed by atoms with Crippen LogP contribution in [0.3, 0.4) is 0 Å². The SMILES string of the molecule is CCCCCCCCCCC.O=[P+](O)O. The molecule has 0 aromatic carbocycles. The van der Waals surface area contributed by atoms with Gasteiger partial charge in [-0.05, 0) is 0 Å². The van der Waals surface area contributed by atoms with Crippen molar-refractivity contribution < 1.29 is 14.4 Å². The molecule has 0 fully saturated rings. The van der Waals surface area contributed by atoms with Crippen LogP contribution in [0.25, 0.3) is 0 Å². The first-order chi connectivity index (χ1) is 7.15. The van der Waals surface area contributed by atoms with Crippen LogP contribution in [0.5, 0.6) is 0 Å². The molecule has 0 aromatic rings. The van der Waals surface area contributed by atoms with Crippen molar-refractivity contribution in [3.63, 3.8) is 0 Å². The highest BCUT2D eigenvalue weighted by Crippen LogP contribution is 2.08. The zero-order valence-corrected chi connectivity index (χ0v) is 11.0. The molecular formula is C11H26O3P+. The Morgan fingerprint density at radius 3 is 1.13 bits per heavy atom. The maximum atomic E-state index is 8.70. The van der Waals surface area contributed by atoms with Crippen molar-refractivity contribution in [3.8, 4) is 0 Å². The first-order valence-corrected chi connectivity index (χ1v) is 7.16. The van der Waals surface area contributed by atoms with Gasteiger partial charge in [0.15, 0.2) is 0 Å². The molecule has 0 aromatic heterocycles. The minimum absolute atomic E-state index is 1.37. The first kappa shape index (κ1) is 17.4. The van der Waals surface area contributed by atoms with E-state index in [1.165, 1.54) is 57.8 Å². The minimum atomic E-state index is -2.87. The molecule has 0 radical (unpaired) electrons. The van der Waals surface area contributed by atoms with Gasteiger partial charge in [-0.15, -0.1) is 9.79 Å². The van der Waals surface area contributed by atoms with Crippen LogP contribution in [0.15, 0.2) is 0 Å². The molecular weight excluding hydrogens is 211 g/mol. The first-order valence-electron chi connectivity index (χ1n) is 6.00. The van der Waals surface area contributed by atoms with Gasteiger partial charge in [-0.1, -0.05) is 71.6 Å². The van der Waals surface area contributed by atoms with Gasteiger partial charge in [0.1, 0.15) is 0 Å². The molecule has 0 saturated carbocycles. The summed E-state index contributed by atoms with van der Waals surface area (Å²) in [6.07, 6.45) is 13.0. The Morgan fingerprint density at radius 2 is 0.933 bits per heavy atom. The number of rotatable bonds is 8. The van der Waals surface area contributed by atoms with Crippen LogP contribution in [-0.4, -0.2) is 9.79 Å². The van der Waals surface area contributed by atoms with Crippen LogP contribution in [0, 0.1) is 0 Å². The number of hydrogen-bond donors (Lipinski definition) is 2. The second-order valence-corrected chi connectivity index (χ2v) is 4.23. The lowest BCUT2D eigenvalue weighted by molar-refractivity contribution is 0.405. The Morgan fingerprint density at radius 1 is 0.733 bits per heavy atom. The highest BCUT2D eigenvalue weighted by Gasteiger charge is 1.93. The number of unbranched alkanes of at least 4 members (excludes halogenated alkanes) is 8. The summed E-state index contributed by atoms with van der Waals surface area (Å²) in [7, 11) is -2.87. The van der Waals surface area contributed by atoms with E-state index >= 15 is 0 Å². The molecule has 4 heteroatoms. The van der Waals surface area contributed by atoms with Crippen LogP contribution in [0.2, 0.25) is 0 Å². The molecule has 0 unspecified atom stereocenters. The second-order valence-electron chi connectivity index (χ2n) is 3.73. The zero-order valence-electron chi connectivity index (χ0n) is 10.1. The van der Waals surface area contributed by atoms with E-state index in [-0.39, 0.29) is 0 Å². The normalized spacial score (nSPS) is 9.33. The molecule has 0 saturated heterocycles. The topological polar surface area (TPSA) is 57.5 Å². The Kier molecular flexibility index (Phi) is 19.1. The average molecular weight is 237 g/mol. The molecule has 2 N–H and O–H groups in total. The van der Waals surface area contributed by atoms with Crippen LogP contribution < -0.4 is 0 Å². The fourth-order valence-electron chi connectivity index (χ4n) is 1.38. The largest absolute Gasteiger partial charge is 0.692 e. The van der Waals surface area contributed by atoms with Gasteiger partial charge < -0.3 is 0 Å². The molecule has 0 atom stereocenters. The molecule has 0 heterocycles. The van der Waals surface area contributed by atoms with Gasteiger partial charge in [-0.2, -0.15) is 0 Å². The fourth-order valence-corrected chi connectivity index (χ4v) is 1.38. The molecule has 0 rings (SSSR count). The molecule has 92 valence electrons. The summed E-state index contributed by atoms with van der Waals surface area (Å²) in [6.45, 7) is 4.55. The summed E-state index contributed by atoms with van der Waals surface area (Å²) in [5.74, 6) is 0. The van der Waals surface area contributed by atoms with E-state index in [4.69, 9.17) is 14.4 Å². The summed E-state index contributed by atoms with van der Waals surface area (Å²) < 4.78 is 8.70. The standard InChI is InChI=1S/C11H24.HO3P/c1-3-5-7-9-11-10-8-6-4-2;1-4(2)3/h3-11H2,1-2H3;(H-,1,2,3)/p+1. The van der Waals surface area contributed by atoms with E-state index in [0.717, 1.165) is 0 Å². The lowest BCUT2D eigenvalue weighted by atomic mass is 10.1. The zero-order chi connectivity index (χ0) is 11.9. The highest BCUT2D eigenvalue weighted by molar-refractivity contribution is 7.30. The predicted molar refractivity (Wildman–Crippen MR) is 64.9 cm³/mol. The lowest BCUT2D eigenvalue weighted by Crippen LogP contribution is -1.79. The monoisotopic (exact) mass is 237 g/mol. The van der Waals surface area contributed by atoms with Gasteiger partial charge in [-0.3, -0.25) is 0 Å². The summed E-state index contributed by atoms with van der Waals surface area (Å²) >= 11 is 0. The van der Waals surface area contributed by atoms with E-state index in [0.29, 0.717) is 0 Å². The highest BCUT2D eigenvalue weighted by atomic mass is 31.1. The van der Waals surface area contributed by atoms with E-state index < -0.39 is 8.25 Å². The summed E-state index contributed by atoms with van der Waals surface area (Å²) in [5, 5.41) is 0. The Labute approximate surface area is 94.9 Å². The van der Waals surface area contributed by atoms with E-state index in [2.05, 4.69) is 13.8 Å². The lowest BCUT2D eigenvalue weighted by Gasteiger charge is -1.98. The average Bonchev–Trinajstić information content (AvgIpc) is 2.16. The summed E-state index contributed by atoms with van der Waals surface area (Å²) in [4.78, 5) is 14.2. The molecule has 0 aliphatic heterocycles. The quantitative estimate of drug-likeness (QED) is 0.492. The minimum Gasteiger partial charge on any atom is -0.134 e. The molecule has 0 aliphatic carbocycles. The van der Waals surface area contributed by atoms with Gasteiger partial charge in [0.05, 0.1) is 0 Å². The third kappa shape index (κ3) is 31.5. The van der Waals surface area contributed by atoms with Crippen molar-refractivity contribution >= 4 is 8.25 Å². The summed E-state index contributed by atoms with van der Waals surface area (Å²) in [6, 6.07) is 0. The van der Waals surface area contributed by atoms with Crippen LogP contribution >= 0.6 is 8.25 Å². The van der Waals surface area contributed by atoms with Gasteiger partial charge in [0.2, 0.25) is 0 Å². The third-order valence-electron chi connectivity index (χ3n) is 2.21. The van der Waals surface area contributed by atoms with Crippen LogP contribution in [-0.2, 0) is 4.57 Å². The molecule has 0 spiro atoms. The second kappa shape index (κ2) is 16.4. The Bertz CT molecular complexity index is 117. The Balaban J connectivity index is 0. The van der Waals surface area contributed by atoms with E-state index in [9.17, 15) is 0 Å². The smallest absolute Gasteiger partial charge is 0.134 e. The molecule has 0 bridgehead atoms. The van der Waals surface area contributed by atoms with Gasteiger partial charge in [0, 0.05) is 4.57 Å². The Hall–Kier alpha value is 0.0200. The van der Waals surface area contributed by atoms with E-state index in [1.807, 2.05) is 0 Å². The molecule has 0 amide bonds. The van der Waals surface area contributed by atoms with Crippen LogP contribution in [0.4, 0.5) is 0 Å². The van der Waals surface area contributed by atoms with Gasteiger partial charge in [0.25, 0.3) is 0 Å². The predicted octanol–water partition coefficient (Wildman–Crippen LogP) is 4.17. The summed E-state index contributed by atoms with van der Waals surface area (Å²) in [5.41, 5.74) is 0. The third-order valence-corrected chi connectivity index (χ3v) is 2.21. The van der Waals surface area contributed by atoms with Crippen molar-refractivity contribution in [3.05, 3.63) is 0 Å². The molecule has 0 aliphatic rings.